The van der Waals surface area contributed by atoms with Crippen molar-refractivity contribution >= 4 is 78.4 Å². The van der Waals surface area contributed by atoms with Gasteiger partial charge in [-0.25, -0.2) is 8.42 Å². The Balaban J connectivity index is 1.75. The van der Waals surface area contributed by atoms with Crippen LogP contribution in [-0.4, -0.2) is 25.3 Å². The van der Waals surface area contributed by atoms with Gasteiger partial charge in [0.1, 0.15) is 4.70 Å². The van der Waals surface area contributed by atoms with Crippen LogP contribution in [0.15, 0.2) is 46.3 Å². The summed E-state index contributed by atoms with van der Waals surface area (Å²) in [6.45, 7) is 3.29. The van der Waals surface area contributed by atoms with E-state index in [1.54, 1.807) is 23.1 Å². The molecule has 5 nitrogen and oxygen atoms in total. The Hall–Kier alpha value is -1.29. The molecule has 0 atom stereocenters. The van der Waals surface area contributed by atoms with E-state index in [2.05, 4.69) is 17.9 Å². The normalized spacial score (nSPS) is 15.3. The molecule has 0 radical (unpaired) electrons. The van der Waals surface area contributed by atoms with E-state index in [9.17, 15) is 13.0 Å². The Labute approximate surface area is 193 Å². The predicted octanol–water partition coefficient (Wildman–Crippen LogP) is 5.36. The van der Waals surface area contributed by atoms with Crippen LogP contribution in [0.4, 0.5) is 5.69 Å². The number of hydrogen-bond donors (Lipinski definition) is 0. The van der Waals surface area contributed by atoms with Crippen LogP contribution in [0.1, 0.15) is 18.4 Å². The van der Waals surface area contributed by atoms with Gasteiger partial charge >= 0.3 is 0 Å². The first-order valence-corrected chi connectivity index (χ1v) is 13.2. The summed E-state index contributed by atoms with van der Waals surface area (Å²) in [7, 11) is -4.25. The van der Waals surface area contributed by atoms with Crippen molar-refractivity contribution in [2.45, 2.75) is 24.8 Å². The van der Waals surface area contributed by atoms with E-state index in [1.165, 1.54) is 0 Å². The Bertz CT molecular complexity index is 1260. The third kappa shape index (κ3) is 4.64. The number of rotatable bonds is 6. The summed E-state index contributed by atoms with van der Waals surface area (Å²) in [5, 5.41) is 3.34. The van der Waals surface area contributed by atoms with Gasteiger partial charge < -0.3 is 9.45 Å². The topological polar surface area (TPSA) is 64.3 Å². The number of thioether (sulfide) groups is 1. The van der Waals surface area contributed by atoms with Crippen LogP contribution in [0.25, 0.3) is 16.3 Å². The van der Waals surface area contributed by atoms with Crippen LogP contribution in [0.2, 0.25) is 10.0 Å². The fourth-order valence-electron chi connectivity index (χ4n) is 3.43. The average Bonchev–Trinajstić information content (AvgIpc) is 3.18. The van der Waals surface area contributed by atoms with Gasteiger partial charge in [0.2, 0.25) is 5.52 Å². The second-order valence-corrected chi connectivity index (χ2v) is 11.3. The molecule has 0 bridgehead atoms. The minimum absolute atomic E-state index is 0.242. The van der Waals surface area contributed by atoms with Crippen LogP contribution < -0.4 is 9.47 Å². The molecule has 1 aliphatic rings. The molecular formula is C20H18Cl2N2O3S3. The lowest BCUT2D eigenvalue weighted by atomic mass is 10.3. The molecule has 0 unspecified atom stereocenters. The standard InChI is InChI=1S/C20H18Cl2N2O3S3/c1-2-23-15-10-13(21)4-6-17(15)28-19(23)12-20-24(8-3-9-30(25,26)27)16-11-14(22)5-7-18(16)29-20/h4-7,10-12H,2-3,8-9H2,1H3. The average molecular weight is 501 g/mol. The molecule has 0 saturated carbocycles. The Morgan fingerprint density at radius 1 is 1.17 bits per heavy atom. The molecule has 2 aromatic carbocycles. The maximum Gasteiger partial charge on any atom is 0.265 e. The van der Waals surface area contributed by atoms with Crippen molar-refractivity contribution < 1.29 is 17.5 Å². The zero-order chi connectivity index (χ0) is 21.5. The van der Waals surface area contributed by atoms with Gasteiger partial charge in [-0.05, 0) is 37.3 Å². The van der Waals surface area contributed by atoms with Gasteiger partial charge in [-0.2, -0.15) is 4.57 Å². The molecule has 0 amide bonds. The molecule has 1 aromatic heterocycles. The Kier molecular flexibility index (Phi) is 6.35. The number of nitrogens with zero attached hydrogens (tertiary/aromatic N) is 2. The minimum Gasteiger partial charge on any atom is -0.748 e. The fraction of sp³-hybridized carbons (Fsp3) is 0.250. The number of hydrogen-bond acceptors (Lipinski definition) is 6. The molecular weight excluding hydrogens is 483 g/mol. The highest BCUT2D eigenvalue weighted by Gasteiger charge is 2.27. The van der Waals surface area contributed by atoms with E-state index in [1.807, 2.05) is 41.0 Å². The van der Waals surface area contributed by atoms with Crippen molar-refractivity contribution in [3.8, 4) is 0 Å². The quantitative estimate of drug-likeness (QED) is 0.336. The van der Waals surface area contributed by atoms with Gasteiger partial charge in [-0.1, -0.05) is 46.3 Å². The lowest BCUT2D eigenvalue weighted by molar-refractivity contribution is -0.668. The largest absolute Gasteiger partial charge is 0.748 e. The highest BCUT2D eigenvalue weighted by atomic mass is 35.5. The lowest BCUT2D eigenvalue weighted by Gasteiger charge is -2.17. The van der Waals surface area contributed by atoms with E-state index in [0.717, 1.165) is 37.4 Å². The van der Waals surface area contributed by atoms with Crippen LogP contribution in [-0.2, 0) is 16.7 Å². The fourth-order valence-corrected chi connectivity index (χ4v) is 6.56. The zero-order valence-electron chi connectivity index (χ0n) is 16.0. The molecule has 1 aliphatic heterocycles. The first-order valence-electron chi connectivity index (χ1n) is 9.27. The molecule has 0 spiro atoms. The number of aromatic nitrogens is 1. The first kappa shape index (κ1) is 21.9. The maximum absolute atomic E-state index is 11.1. The summed E-state index contributed by atoms with van der Waals surface area (Å²) < 4.78 is 36.3. The molecule has 0 aliphatic carbocycles. The van der Waals surface area contributed by atoms with Crippen molar-refractivity contribution in [1.82, 2.24) is 0 Å². The summed E-state index contributed by atoms with van der Waals surface area (Å²) >= 11 is 15.7. The summed E-state index contributed by atoms with van der Waals surface area (Å²) in [5.74, 6) is -0.395. The smallest absolute Gasteiger partial charge is 0.265 e. The van der Waals surface area contributed by atoms with Crippen LogP contribution in [0.5, 0.6) is 0 Å². The summed E-state index contributed by atoms with van der Waals surface area (Å²) in [4.78, 5) is 3.34. The summed E-state index contributed by atoms with van der Waals surface area (Å²) in [5.41, 5.74) is 2.00. The number of aryl methyl sites for hydroxylation is 1. The van der Waals surface area contributed by atoms with Crippen LogP contribution in [0, 0.1) is 0 Å². The van der Waals surface area contributed by atoms with E-state index in [4.69, 9.17) is 23.2 Å². The molecule has 0 fully saturated rings. The number of thiazole rings is 1. The van der Waals surface area contributed by atoms with Gasteiger partial charge in [-0.3, -0.25) is 0 Å². The molecule has 0 N–H and O–H groups in total. The predicted molar refractivity (Wildman–Crippen MR) is 125 cm³/mol. The first-order chi connectivity index (χ1) is 14.2. The molecule has 10 heteroatoms. The van der Waals surface area contributed by atoms with Gasteiger partial charge in [0.15, 0.2) is 6.54 Å². The van der Waals surface area contributed by atoms with Gasteiger partial charge in [0.25, 0.3) is 5.01 Å². The summed E-state index contributed by atoms with van der Waals surface area (Å²) in [6, 6.07) is 11.5. The third-order valence-electron chi connectivity index (χ3n) is 4.72. The minimum atomic E-state index is -4.25. The second kappa shape index (κ2) is 8.68. The highest BCUT2D eigenvalue weighted by Crippen LogP contribution is 2.47. The van der Waals surface area contributed by atoms with Crippen molar-refractivity contribution in [2.24, 2.45) is 0 Å². The lowest BCUT2D eigenvalue weighted by Crippen LogP contribution is -2.36. The zero-order valence-corrected chi connectivity index (χ0v) is 19.9. The monoisotopic (exact) mass is 500 g/mol. The van der Waals surface area contributed by atoms with Crippen molar-refractivity contribution in [3.05, 3.63) is 56.5 Å². The Morgan fingerprint density at radius 3 is 2.63 bits per heavy atom. The number of anilines is 1. The van der Waals surface area contributed by atoms with Crippen molar-refractivity contribution in [1.29, 1.82) is 0 Å². The van der Waals surface area contributed by atoms with Gasteiger partial charge in [-0.15, -0.1) is 0 Å². The van der Waals surface area contributed by atoms with Crippen molar-refractivity contribution in [3.63, 3.8) is 0 Å². The second-order valence-electron chi connectivity index (χ2n) is 6.76. The highest BCUT2D eigenvalue weighted by molar-refractivity contribution is 8.03. The molecule has 0 saturated heterocycles. The van der Waals surface area contributed by atoms with E-state index >= 15 is 0 Å². The number of fused-ring (bicyclic) bond motifs is 2. The van der Waals surface area contributed by atoms with E-state index < -0.39 is 15.9 Å². The number of halogens is 2. The molecule has 30 heavy (non-hydrogen) atoms. The SMILES string of the molecule is CCN1/C(=C\c2sc3ccc(Cl)cc3[n+]2CCCS(=O)(=O)[O-])Sc2ccc(Cl)cc21. The molecule has 3 aromatic rings. The van der Waals surface area contributed by atoms with Gasteiger partial charge in [0, 0.05) is 39.7 Å². The van der Waals surface area contributed by atoms with Crippen molar-refractivity contribution in [2.75, 3.05) is 17.2 Å². The van der Waals surface area contributed by atoms with E-state index in [0.29, 0.717) is 16.6 Å². The van der Waals surface area contributed by atoms with Gasteiger partial charge in [0.05, 0.1) is 26.9 Å². The molecule has 2 heterocycles. The van der Waals surface area contributed by atoms with E-state index in [-0.39, 0.29) is 6.42 Å². The molecule has 158 valence electrons. The molecule has 4 rings (SSSR count). The Morgan fingerprint density at radius 2 is 1.90 bits per heavy atom. The maximum atomic E-state index is 11.1. The summed E-state index contributed by atoms with van der Waals surface area (Å²) in [6.07, 6.45) is 2.35. The van der Waals surface area contributed by atoms with Crippen LogP contribution >= 0.6 is 46.3 Å². The third-order valence-corrected chi connectivity index (χ3v) is 8.21. The van der Waals surface area contributed by atoms with Crippen LogP contribution in [0.3, 0.4) is 0 Å². The number of benzene rings is 2.